The maximum absolute atomic E-state index is 4.53. The third-order valence-corrected chi connectivity index (χ3v) is 3.82. The molecule has 96 valence electrons. The van der Waals surface area contributed by atoms with Crippen molar-refractivity contribution in [3.05, 3.63) is 33.7 Å². The molecule has 0 aliphatic carbocycles. The number of rotatable bonds is 4. The molecule has 0 spiro atoms. The van der Waals surface area contributed by atoms with Crippen LogP contribution in [0.3, 0.4) is 0 Å². The van der Waals surface area contributed by atoms with E-state index in [2.05, 4.69) is 33.8 Å². The van der Waals surface area contributed by atoms with Gasteiger partial charge in [-0.15, -0.1) is 11.3 Å². The molecule has 5 heteroatoms. The van der Waals surface area contributed by atoms with Gasteiger partial charge in [0.1, 0.15) is 11.6 Å². The maximum atomic E-state index is 4.53. The molecule has 0 amide bonds. The molecule has 2 heterocycles. The summed E-state index contributed by atoms with van der Waals surface area (Å²) < 4.78 is 0. The summed E-state index contributed by atoms with van der Waals surface area (Å²) in [5.41, 5.74) is 2.21. The molecule has 0 radical (unpaired) electrons. The second-order valence-electron chi connectivity index (χ2n) is 4.40. The van der Waals surface area contributed by atoms with Gasteiger partial charge in [-0.1, -0.05) is 0 Å². The van der Waals surface area contributed by atoms with E-state index in [-0.39, 0.29) is 0 Å². The Bertz CT molecular complexity index is 522. The summed E-state index contributed by atoms with van der Waals surface area (Å²) >= 11 is 1.70. The van der Waals surface area contributed by atoms with Crippen LogP contribution in [0.15, 0.2) is 11.6 Å². The first-order valence-electron chi connectivity index (χ1n) is 5.99. The van der Waals surface area contributed by atoms with Gasteiger partial charge in [-0.2, -0.15) is 0 Å². The molecule has 0 saturated carbocycles. The molecule has 0 atom stereocenters. The van der Waals surface area contributed by atoms with Gasteiger partial charge in [0.2, 0.25) is 0 Å². The quantitative estimate of drug-likeness (QED) is 0.849. The van der Waals surface area contributed by atoms with Crippen molar-refractivity contribution in [1.82, 2.24) is 15.0 Å². The van der Waals surface area contributed by atoms with Gasteiger partial charge in [0.25, 0.3) is 0 Å². The largest absolute Gasteiger partial charge is 0.359 e. The van der Waals surface area contributed by atoms with Crippen LogP contribution < -0.4 is 4.90 Å². The molecule has 0 N–H and O–H groups in total. The molecular formula is C13H18N4S. The maximum Gasteiger partial charge on any atom is 0.135 e. The van der Waals surface area contributed by atoms with Crippen molar-refractivity contribution in [1.29, 1.82) is 0 Å². The van der Waals surface area contributed by atoms with E-state index < -0.39 is 0 Å². The summed E-state index contributed by atoms with van der Waals surface area (Å²) in [4.78, 5) is 15.4. The highest BCUT2D eigenvalue weighted by Gasteiger charge is 2.10. The van der Waals surface area contributed by atoms with Crippen molar-refractivity contribution < 1.29 is 0 Å². The van der Waals surface area contributed by atoms with E-state index in [4.69, 9.17) is 0 Å². The minimum atomic E-state index is 0.828. The second kappa shape index (κ2) is 5.44. The predicted octanol–water partition coefficient (Wildman–Crippen LogP) is 2.54. The zero-order valence-electron chi connectivity index (χ0n) is 11.3. The van der Waals surface area contributed by atoms with Gasteiger partial charge in [-0.25, -0.2) is 15.0 Å². The second-order valence-corrected chi connectivity index (χ2v) is 5.38. The fraction of sp³-hybridized carbons (Fsp3) is 0.462. The topological polar surface area (TPSA) is 41.9 Å². The van der Waals surface area contributed by atoms with E-state index in [1.807, 2.05) is 25.4 Å². The van der Waals surface area contributed by atoms with Gasteiger partial charge in [0, 0.05) is 42.8 Å². The molecule has 0 fully saturated rings. The van der Waals surface area contributed by atoms with Crippen LogP contribution in [-0.4, -0.2) is 28.5 Å². The highest BCUT2D eigenvalue weighted by atomic mass is 32.1. The van der Waals surface area contributed by atoms with E-state index in [0.29, 0.717) is 0 Å². The first-order chi connectivity index (χ1) is 8.58. The molecule has 0 unspecified atom stereocenters. The molecule has 2 aromatic heterocycles. The fourth-order valence-electron chi connectivity index (χ4n) is 1.87. The summed E-state index contributed by atoms with van der Waals surface area (Å²) in [6.07, 6.45) is 2.81. The van der Waals surface area contributed by atoms with E-state index >= 15 is 0 Å². The Morgan fingerprint density at radius 3 is 2.67 bits per heavy atom. The van der Waals surface area contributed by atoms with Crippen LogP contribution in [0.1, 0.15) is 22.1 Å². The van der Waals surface area contributed by atoms with Crippen LogP contribution in [0.5, 0.6) is 0 Å². The molecule has 4 nitrogen and oxygen atoms in total. The van der Waals surface area contributed by atoms with Crippen LogP contribution in [0.25, 0.3) is 0 Å². The summed E-state index contributed by atoms with van der Waals surface area (Å²) in [7, 11) is 2.07. The van der Waals surface area contributed by atoms with Gasteiger partial charge in [-0.05, 0) is 20.8 Å². The minimum Gasteiger partial charge on any atom is -0.359 e. The van der Waals surface area contributed by atoms with Gasteiger partial charge < -0.3 is 4.90 Å². The first-order valence-corrected chi connectivity index (χ1v) is 6.87. The third kappa shape index (κ3) is 2.85. The molecule has 18 heavy (non-hydrogen) atoms. The SMILES string of the molecule is Cc1nc(C)c(C)c(N(C)CCc2nccs2)n1. The van der Waals surface area contributed by atoms with Crippen LogP contribution in [0.2, 0.25) is 0 Å². The molecule has 0 bridgehead atoms. The van der Waals surface area contributed by atoms with Crippen LogP contribution in [0.4, 0.5) is 5.82 Å². The average Bonchev–Trinajstić information content (AvgIpc) is 2.83. The molecule has 0 aromatic carbocycles. The molecule has 0 saturated heterocycles. The summed E-state index contributed by atoms with van der Waals surface area (Å²) in [5.74, 6) is 1.85. The Labute approximate surface area is 112 Å². The standard InChI is InChI=1S/C13H18N4S/c1-9-10(2)15-11(3)16-13(9)17(4)7-5-12-14-6-8-18-12/h6,8H,5,7H2,1-4H3. The van der Waals surface area contributed by atoms with Crippen molar-refractivity contribution in [3.8, 4) is 0 Å². The van der Waals surface area contributed by atoms with E-state index in [0.717, 1.165) is 35.9 Å². The number of likely N-dealkylation sites (N-methyl/N-ethyl adjacent to an activating group) is 1. The Hall–Kier alpha value is -1.49. The third-order valence-electron chi connectivity index (χ3n) is 2.98. The summed E-state index contributed by atoms with van der Waals surface area (Å²) in [6, 6.07) is 0. The summed E-state index contributed by atoms with van der Waals surface area (Å²) in [5, 5.41) is 3.18. The van der Waals surface area contributed by atoms with Crippen molar-refractivity contribution in [3.63, 3.8) is 0 Å². The molecule has 2 rings (SSSR count). The number of thiazole rings is 1. The smallest absolute Gasteiger partial charge is 0.135 e. The van der Waals surface area contributed by atoms with Crippen molar-refractivity contribution in [2.75, 3.05) is 18.5 Å². The van der Waals surface area contributed by atoms with Crippen molar-refractivity contribution >= 4 is 17.2 Å². The normalized spacial score (nSPS) is 10.7. The van der Waals surface area contributed by atoms with Crippen LogP contribution in [-0.2, 0) is 6.42 Å². The van der Waals surface area contributed by atoms with E-state index in [9.17, 15) is 0 Å². The Morgan fingerprint density at radius 2 is 2.00 bits per heavy atom. The number of hydrogen-bond donors (Lipinski definition) is 0. The first kappa shape index (κ1) is 13.0. The molecular weight excluding hydrogens is 244 g/mol. The predicted molar refractivity (Wildman–Crippen MR) is 75.3 cm³/mol. The molecule has 0 aliphatic heterocycles. The number of aromatic nitrogens is 3. The number of anilines is 1. The Balaban J connectivity index is 2.11. The molecule has 2 aromatic rings. The van der Waals surface area contributed by atoms with Gasteiger partial charge in [-0.3, -0.25) is 0 Å². The zero-order chi connectivity index (χ0) is 13.1. The van der Waals surface area contributed by atoms with Crippen molar-refractivity contribution in [2.24, 2.45) is 0 Å². The lowest BCUT2D eigenvalue weighted by Crippen LogP contribution is -2.23. The lowest BCUT2D eigenvalue weighted by atomic mass is 10.2. The van der Waals surface area contributed by atoms with Gasteiger partial charge in [0.15, 0.2) is 0 Å². The lowest BCUT2D eigenvalue weighted by molar-refractivity contribution is 0.831. The highest BCUT2D eigenvalue weighted by molar-refractivity contribution is 7.09. The van der Waals surface area contributed by atoms with Crippen LogP contribution in [0, 0.1) is 20.8 Å². The number of hydrogen-bond acceptors (Lipinski definition) is 5. The Morgan fingerprint density at radius 1 is 1.22 bits per heavy atom. The summed E-state index contributed by atoms with van der Waals surface area (Å²) in [6.45, 7) is 6.96. The van der Waals surface area contributed by atoms with Crippen molar-refractivity contribution in [2.45, 2.75) is 27.2 Å². The number of nitrogens with zero attached hydrogens (tertiary/aromatic N) is 4. The molecule has 0 aliphatic rings. The fourth-order valence-corrected chi connectivity index (χ4v) is 2.48. The highest BCUT2D eigenvalue weighted by Crippen LogP contribution is 2.18. The van der Waals surface area contributed by atoms with Crippen LogP contribution >= 0.6 is 11.3 Å². The monoisotopic (exact) mass is 262 g/mol. The van der Waals surface area contributed by atoms with E-state index in [1.165, 1.54) is 5.01 Å². The number of aryl methyl sites for hydroxylation is 2. The van der Waals surface area contributed by atoms with Gasteiger partial charge >= 0.3 is 0 Å². The van der Waals surface area contributed by atoms with Gasteiger partial charge in [0.05, 0.1) is 5.01 Å². The Kier molecular flexibility index (Phi) is 3.91. The lowest BCUT2D eigenvalue weighted by Gasteiger charge is -2.20. The average molecular weight is 262 g/mol. The zero-order valence-corrected chi connectivity index (χ0v) is 12.1. The van der Waals surface area contributed by atoms with E-state index in [1.54, 1.807) is 11.3 Å². The minimum absolute atomic E-state index is 0.828.